The third-order valence-electron chi connectivity index (χ3n) is 4.12. The molecule has 0 aromatic rings. The quantitative estimate of drug-likeness (QED) is 0.709. The summed E-state index contributed by atoms with van der Waals surface area (Å²) in [6.45, 7) is 7.78. The summed E-state index contributed by atoms with van der Waals surface area (Å²) in [6.07, 6.45) is 8.69. The fourth-order valence-electron chi connectivity index (χ4n) is 2.77. The molecule has 1 fully saturated rings. The Morgan fingerprint density at radius 2 is 1.90 bits per heavy atom. The summed E-state index contributed by atoms with van der Waals surface area (Å²) in [5.41, 5.74) is 5.27. The predicted octanol–water partition coefficient (Wildman–Crippen LogP) is 2.78. The molecule has 0 aliphatic heterocycles. The lowest BCUT2D eigenvalue weighted by Crippen LogP contribution is -2.48. The Kier molecular flexibility index (Phi) is 6.43. The number of hydrogen-bond acceptors (Lipinski definition) is 2. The summed E-state index contributed by atoms with van der Waals surface area (Å²) in [5, 5.41) is 3.01. The van der Waals surface area contributed by atoms with Crippen LogP contribution in [0.25, 0.3) is 0 Å². The molecule has 1 unspecified atom stereocenters. The molecule has 1 saturated carbocycles. The number of amides is 2. The van der Waals surface area contributed by atoms with Gasteiger partial charge in [-0.15, -0.1) is 0 Å². The Labute approximate surface area is 128 Å². The van der Waals surface area contributed by atoms with Gasteiger partial charge < -0.3 is 11.1 Å². The van der Waals surface area contributed by atoms with E-state index in [1.165, 1.54) is 6.42 Å². The average Bonchev–Trinajstić information content (AvgIpc) is 2.28. The standard InChI is InChI=1S/C17H30N2O2/c1-5-6-10-13(15(18)20)14(11-12-8-7-9-12)16(21)19-17(2,3)4/h5-6,12-14H,7-11H2,1-4H3,(H2,18,20)(H,19,21)/b6-5+/t13-,14?/m0/s1. The number of primary amides is 1. The van der Waals surface area contributed by atoms with E-state index in [0.29, 0.717) is 12.3 Å². The molecule has 1 aliphatic rings. The van der Waals surface area contributed by atoms with Crippen molar-refractivity contribution >= 4 is 11.8 Å². The molecule has 0 bridgehead atoms. The molecule has 1 aliphatic carbocycles. The molecule has 21 heavy (non-hydrogen) atoms. The van der Waals surface area contributed by atoms with E-state index in [-0.39, 0.29) is 23.3 Å². The molecule has 0 aromatic heterocycles. The summed E-state index contributed by atoms with van der Waals surface area (Å²) in [5.74, 6) is -0.579. The summed E-state index contributed by atoms with van der Waals surface area (Å²) in [7, 11) is 0. The molecule has 2 amide bonds. The van der Waals surface area contributed by atoms with Gasteiger partial charge in [-0.3, -0.25) is 9.59 Å². The number of carbonyl (C=O) groups excluding carboxylic acids is 2. The van der Waals surface area contributed by atoms with Crippen molar-refractivity contribution in [3.05, 3.63) is 12.2 Å². The van der Waals surface area contributed by atoms with Crippen LogP contribution in [0.3, 0.4) is 0 Å². The van der Waals surface area contributed by atoms with Crippen LogP contribution < -0.4 is 11.1 Å². The number of hydrogen-bond donors (Lipinski definition) is 2. The largest absolute Gasteiger partial charge is 0.369 e. The van der Waals surface area contributed by atoms with E-state index in [9.17, 15) is 9.59 Å². The van der Waals surface area contributed by atoms with Gasteiger partial charge in [0, 0.05) is 5.54 Å². The Morgan fingerprint density at radius 3 is 2.29 bits per heavy atom. The molecule has 2 atom stereocenters. The van der Waals surface area contributed by atoms with Gasteiger partial charge in [0.15, 0.2) is 0 Å². The maximum Gasteiger partial charge on any atom is 0.224 e. The lowest BCUT2D eigenvalue weighted by molar-refractivity contribution is -0.135. The second-order valence-electron chi connectivity index (χ2n) is 7.19. The van der Waals surface area contributed by atoms with Gasteiger partial charge in [-0.25, -0.2) is 0 Å². The van der Waals surface area contributed by atoms with Crippen molar-refractivity contribution in [3.63, 3.8) is 0 Å². The van der Waals surface area contributed by atoms with Crippen molar-refractivity contribution < 1.29 is 9.59 Å². The van der Waals surface area contributed by atoms with Gasteiger partial charge in [0.2, 0.25) is 11.8 Å². The molecule has 120 valence electrons. The van der Waals surface area contributed by atoms with Crippen LogP contribution >= 0.6 is 0 Å². The van der Waals surface area contributed by atoms with Gasteiger partial charge in [-0.2, -0.15) is 0 Å². The SMILES string of the molecule is C/C=C/C[C@H](C(N)=O)C(CC1CCC1)C(=O)NC(C)(C)C. The van der Waals surface area contributed by atoms with Crippen LogP contribution in [0.15, 0.2) is 12.2 Å². The second kappa shape index (κ2) is 7.62. The lowest BCUT2D eigenvalue weighted by atomic mass is 9.74. The summed E-state index contributed by atoms with van der Waals surface area (Å²) in [4.78, 5) is 24.4. The maximum atomic E-state index is 12.6. The second-order valence-corrected chi connectivity index (χ2v) is 7.19. The van der Waals surface area contributed by atoms with Crippen molar-refractivity contribution in [2.45, 2.75) is 65.3 Å². The number of nitrogens with one attached hydrogen (secondary N) is 1. The summed E-state index contributed by atoms with van der Waals surface area (Å²) in [6, 6.07) is 0. The topological polar surface area (TPSA) is 72.2 Å². The zero-order valence-corrected chi connectivity index (χ0v) is 13.8. The molecule has 1 rings (SSSR count). The van der Waals surface area contributed by atoms with Crippen LogP contribution in [-0.4, -0.2) is 17.4 Å². The van der Waals surface area contributed by atoms with E-state index in [1.807, 2.05) is 39.8 Å². The van der Waals surface area contributed by atoms with Gasteiger partial charge in [0.05, 0.1) is 11.8 Å². The highest BCUT2D eigenvalue weighted by molar-refractivity contribution is 5.87. The van der Waals surface area contributed by atoms with Gasteiger partial charge in [0.1, 0.15) is 0 Å². The molecule has 0 aromatic carbocycles. The van der Waals surface area contributed by atoms with E-state index in [0.717, 1.165) is 19.3 Å². The number of allylic oxidation sites excluding steroid dienone is 2. The zero-order valence-electron chi connectivity index (χ0n) is 13.8. The first-order valence-corrected chi connectivity index (χ1v) is 7.97. The van der Waals surface area contributed by atoms with Crippen molar-refractivity contribution in [3.8, 4) is 0 Å². The van der Waals surface area contributed by atoms with Crippen LogP contribution in [0.2, 0.25) is 0 Å². The number of nitrogens with two attached hydrogens (primary N) is 1. The third kappa shape index (κ3) is 5.90. The molecule has 4 nitrogen and oxygen atoms in total. The maximum absolute atomic E-state index is 12.6. The molecule has 3 N–H and O–H groups in total. The highest BCUT2D eigenvalue weighted by atomic mass is 16.2. The fourth-order valence-corrected chi connectivity index (χ4v) is 2.77. The monoisotopic (exact) mass is 294 g/mol. The lowest BCUT2D eigenvalue weighted by Gasteiger charge is -2.33. The molecule has 0 heterocycles. The molecule has 0 radical (unpaired) electrons. The first kappa shape index (κ1) is 17.7. The van der Waals surface area contributed by atoms with Crippen molar-refractivity contribution in [2.24, 2.45) is 23.5 Å². The smallest absolute Gasteiger partial charge is 0.224 e. The van der Waals surface area contributed by atoms with E-state index < -0.39 is 5.92 Å². The van der Waals surface area contributed by atoms with E-state index >= 15 is 0 Å². The van der Waals surface area contributed by atoms with Crippen molar-refractivity contribution in [1.82, 2.24) is 5.32 Å². The van der Waals surface area contributed by atoms with Crippen molar-refractivity contribution in [1.29, 1.82) is 0 Å². The normalized spacial score (nSPS) is 19.0. The third-order valence-corrected chi connectivity index (χ3v) is 4.12. The first-order valence-electron chi connectivity index (χ1n) is 7.97. The highest BCUT2D eigenvalue weighted by Gasteiger charge is 2.36. The average molecular weight is 294 g/mol. The molecule has 4 heteroatoms. The summed E-state index contributed by atoms with van der Waals surface area (Å²) >= 11 is 0. The molecular formula is C17H30N2O2. The van der Waals surface area contributed by atoms with Gasteiger partial charge in [0.25, 0.3) is 0 Å². The molecular weight excluding hydrogens is 264 g/mol. The minimum atomic E-state index is -0.413. The Balaban J connectivity index is 2.86. The van der Waals surface area contributed by atoms with E-state index in [2.05, 4.69) is 5.32 Å². The van der Waals surface area contributed by atoms with Gasteiger partial charge >= 0.3 is 0 Å². The molecule has 0 spiro atoms. The van der Waals surface area contributed by atoms with Crippen molar-refractivity contribution in [2.75, 3.05) is 0 Å². The highest BCUT2D eigenvalue weighted by Crippen LogP contribution is 2.35. The summed E-state index contributed by atoms with van der Waals surface area (Å²) < 4.78 is 0. The van der Waals surface area contributed by atoms with E-state index in [4.69, 9.17) is 5.73 Å². The zero-order chi connectivity index (χ0) is 16.0. The van der Waals surface area contributed by atoms with Gasteiger partial charge in [-0.05, 0) is 46.5 Å². The number of rotatable bonds is 7. The Morgan fingerprint density at radius 1 is 1.29 bits per heavy atom. The van der Waals surface area contributed by atoms with Crippen LogP contribution in [-0.2, 0) is 9.59 Å². The first-order chi connectivity index (χ1) is 9.74. The van der Waals surface area contributed by atoms with Crippen LogP contribution in [0.1, 0.15) is 59.8 Å². The van der Waals surface area contributed by atoms with Crippen LogP contribution in [0, 0.1) is 17.8 Å². The van der Waals surface area contributed by atoms with Crippen LogP contribution in [0.5, 0.6) is 0 Å². The van der Waals surface area contributed by atoms with Gasteiger partial charge in [-0.1, -0.05) is 31.4 Å². The minimum absolute atomic E-state index is 0.0392. The number of carbonyl (C=O) groups is 2. The Hall–Kier alpha value is -1.32. The predicted molar refractivity (Wildman–Crippen MR) is 85.5 cm³/mol. The van der Waals surface area contributed by atoms with Crippen LogP contribution in [0.4, 0.5) is 0 Å². The minimum Gasteiger partial charge on any atom is -0.369 e. The molecule has 0 saturated heterocycles. The fraction of sp³-hybridized carbons (Fsp3) is 0.765. The Bertz CT molecular complexity index is 392. The van der Waals surface area contributed by atoms with E-state index in [1.54, 1.807) is 0 Å².